The van der Waals surface area contributed by atoms with Crippen LogP contribution in [0.3, 0.4) is 0 Å². The van der Waals surface area contributed by atoms with Crippen LogP contribution in [0, 0.1) is 0 Å². The topological polar surface area (TPSA) is 21.3 Å². The number of hydrogen-bond acceptors (Lipinski definition) is 2. The van der Waals surface area contributed by atoms with E-state index in [9.17, 15) is 13.2 Å². The number of hydrogen-bond donors (Lipinski definition) is 1. The Balaban J connectivity index is 2.34. The van der Waals surface area contributed by atoms with E-state index in [-0.39, 0.29) is 5.56 Å². The summed E-state index contributed by atoms with van der Waals surface area (Å²) in [6.07, 6.45) is -2.97. The predicted molar refractivity (Wildman–Crippen MR) is 62.7 cm³/mol. The summed E-state index contributed by atoms with van der Waals surface area (Å²) in [6.45, 7) is 2.63. The minimum absolute atomic E-state index is 0.200. The second-order valence-electron chi connectivity index (χ2n) is 4.36. The fourth-order valence-electron chi connectivity index (χ4n) is 2.16. The van der Waals surface area contributed by atoms with Crippen LogP contribution in [0.4, 0.5) is 13.2 Å². The first-order valence-electron chi connectivity index (χ1n) is 6.08. The Hall–Kier alpha value is -1.23. The van der Waals surface area contributed by atoms with Gasteiger partial charge in [0.15, 0.2) is 0 Å². The Labute approximate surface area is 104 Å². The smallest absolute Gasteiger partial charge is 0.408 e. The normalized spacial score (nSPS) is 16.2. The van der Waals surface area contributed by atoms with E-state index >= 15 is 0 Å². The lowest BCUT2D eigenvalue weighted by atomic mass is 10.0. The number of nitrogens with one attached hydrogen (secondary N) is 1. The molecular formula is C13H16F3NO. The van der Waals surface area contributed by atoms with Gasteiger partial charge in [-0.3, -0.25) is 0 Å². The lowest BCUT2D eigenvalue weighted by Gasteiger charge is -2.23. The van der Waals surface area contributed by atoms with Gasteiger partial charge in [-0.25, -0.2) is 0 Å². The minimum atomic E-state index is -4.31. The number of rotatable bonds is 4. The van der Waals surface area contributed by atoms with Crippen LogP contribution >= 0.6 is 0 Å². The van der Waals surface area contributed by atoms with Crippen molar-refractivity contribution >= 4 is 0 Å². The van der Waals surface area contributed by atoms with Crippen molar-refractivity contribution < 1.29 is 17.9 Å². The monoisotopic (exact) mass is 259 g/mol. The Kier molecular flexibility index (Phi) is 3.80. The molecule has 5 heteroatoms. The van der Waals surface area contributed by atoms with Gasteiger partial charge < -0.3 is 10.1 Å². The van der Waals surface area contributed by atoms with Crippen LogP contribution in [0.5, 0.6) is 5.75 Å². The van der Waals surface area contributed by atoms with Crippen molar-refractivity contribution in [2.45, 2.75) is 32.0 Å². The van der Waals surface area contributed by atoms with Gasteiger partial charge in [-0.15, -0.1) is 0 Å². The zero-order valence-corrected chi connectivity index (χ0v) is 10.2. The Morgan fingerprint density at radius 3 is 2.83 bits per heavy atom. The summed E-state index contributed by atoms with van der Waals surface area (Å²) in [4.78, 5) is 0. The van der Waals surface area contributed by atoms with Crippen molar-refractivity contribution in [1.29, 1.82) is 0 Å². The van der Waals surface area contributed by atoms with Gasteiger partial charge >= 0.3 is 6.18 Å². The zero-order chi connectivity index (χ0) is 13.2. The first kappa shape index (κ1) is 13.2. The van der Waals surface area contributed by atoms with Crippen LogP contribution < -0.4 is 10.1 Å². The fraction of sp³-hybridized carbons (Fsp3) is 0.538. The number of alkyl halides is 3. The number of halogens is 3. The molecule has 1 aromatic carbocycles. The SMILES string of the molecule is CCCNC(c1cccc2c1OCC2)C(F)(F)F. The number of para-hydroxylation sites is 1. The second kappa shape index (κ2) is 5.18. The van der Waals surface area contributed by atoms with Crippen LogP contribution in [0.15, 0.2) is 18.2 Å². The first-order chi connectivity index (χ1) is 8.54. The third kappa shape index (κ3) is 2.61. The molecule has 0 amide bonds. The van der Waals surface area contributed by atoms with Gasteiger partial charge in [0.25, 0.3) is 0 Å². The molecule has 1 unspecified atom stereocenters. The molecule has 0 radical (unpaired) electrons. The highest BCUT2D eigenvalue weighted by Gasteiger charge is 2.42. The summed E-state index contributed by atoms with van der Waals surface area (Å²) >= 11 is 0. The molecule has 100 valence electrons. The molecule has 1 atom stereocenters. The average Bonchev–Trinajstić information content (AvgIpc) is 2.76. The second-order valence-corrected chi connectivity index (χ2v) is 4.36. The van der Waals surface area contributed by atoms with Crippen LogP contribution in [-0.2, 0) is 6.42 Å². The highest BCUT2D eigenvalue weighted by atomic mass is 19.4. The van der Waals surface area contributed by atoms with Gasteiger partial charge in [-0.05, 0) is 18.5 Å². The zero-order valence-electron chi connectivity index (χ0n) is 10.2. The number of fused-ring (bicyclic) bond motifs is 1. The van der Waals surface area contributed by atoms with Gasteiger partial charge in [0, 0.05) is 12.0 Å². The molecule has 2 rings (SSSR count). The molecule has 0 saturated carbocycles. The molecule has 0 saturated heterocycles. The van der Waals surface area contributed by atoms with Crippen molar-refractivity contribution in [3.63, 3.8) is 0 Å². The summed E-state index contributed by atoms with van der Waals surface area (Å²) in [5, 5.41) is 2.55. The molecule has 1 heterocycles. The molecule has 0 bridgehead atoms. The van der Waals surface area contributed by atoms with Crippen molar-refractivity contribution in [3.05, 3.63) is 29.3 Å². The third-order valence-corrected chi connectivity index (χ3v) is 2.98. The maximum atomic E-state index is 13.1. The van der Waals surface area contributed by atoms with E-state index in [0.29, 0.717) is 31.7 Å². The molecule has 2 nitrogen and oxygen atoms in total. The van der Waals surface area contributed by atoms with Gasteiger partial charge in [0.05, 0.1) is 6.61 Å². The van der Waals surface area contributed by atoms with Gasteiger partial charge in [0.1, 0.15) is 11.8 Å². The average molecular weight is 259 g/mol. The van der Waals surface area contributed by atoms with Crippen LogP contribution in [0.25, 0.3) is 0 Å². The Morgan fingerprint density at radius 1 is 1.39 bits per heavy atom. The van der Waals surface area contributed by atoms with E-state index in [1.165, 1.54) is 6.07 Å². The maximum Gasteiger partial charge on any atom is 0.408 e. The first-order valence-corrected chi connectivity index (χ1v) is 6.08. The van der Waals surface area contributed by atoms with Crippen molar-refractivity contribution in [2.24, 2.45) is 0 Å². The largest absolute Gasteiger partial charge is 0.493 e. The highest BCUT2D eigenvalue weighted by Crippen LogP contribution is 2.40. The van der Waals surface area contributed by atoms with E-state index in [0.717, 1.165) is 5.56 Å². The van der Waals surface area contributed by atoms with Crippen molar-refractivity contribution in [3.8, 4) is 5.75 Å². The fourth-order valence-corrected chi connectivity index (χ4v) is 2.16. The molecule has 0 fully saturated rings. The Morgan fingerprint density at radius 2 is 2.17 bits per heavy atom. The Bertz CT molecular complexity index is 417. The molecular weight excluding hydrogens is 243 g/mol. The summed E-state index contributed by atoms with van der Waals surface area (Å²) in [5.41, 5.74) is 1.06. The van der Waals surface area contributed by atoms with Gasteiger partial charge in [-0.2, -0.15) is 13.2 Å². The van der Waals surface area contributed by atoms with Gasteiger partial charge in [-0.1, -0.05) is 25.1 Å². The molecule has 1 aromatic rings. The molecule has 1 N–H and O–H groups in total. The molecule has 18 heavy (non-hydrogen) atoms. The predicted octanol–water partition coefficient (Wildman–Crippen LogP) is 3.22. The lowest BCUT2D eigenvalue weighted by Crippen LogP contribution is -2.34. The molecule has 0 spiro atoms. The highest BCUT2D eigenvalue weighted by molar-refractivity contribution is 5.46. The van der Waals surface area contributed by atoms with E-state index in [1.54, 1.807) is 6.07 Å². The molecule has 0 aliphatic carbocycles. The van der Waals surface area contributed by atoms with E-state index in [1.807, 2.05) is 13.0 Å². The molecule has 1 aliphatic rings. The number of benzene rings is 1. The van der Waals surface area contributed by atoms with Crippen LogP contribution in [-0.4, -0.2) is 19.3 Å². The van der Waals surface area contributed by atoms with Crippen LogP contribution in [0.2, 0.25) is 0 Å². The van der Waals surface area contributed by atoms with Crippen molar-refractivity contribution in [1.82, 2.24) is 5.32 Å². The minimum Gasteiger partial charge on any atom is -0.493 e. The quantitative estimate of drug-likeness (QED) is 0.896. The van der Waals surface area contributed by atoms with Gasteiger partial charge in [0.2, 0.25) is 0 Å². The summed E-state index contributed by atoms with van der Waals surface area (Å²) in [5.74, 6) is 0.406. The van der Waals surface area contributed by atoms with Crippen molar-refractivity contribution in [2.75, 3.05) is 13.2 Å². The summed E-state index contributed by atoms with van der Waals surface area (Å²) < 4.78 is 44.6. The molecule has 1 aliphatic heterocycles. The molecule has 0 aromatic heterocycles. The van der Waals surface area contributed by atoms with Crippen LogP contribution in [0.1, 0.15) is 30.5 Å². The van der Waals surface area contributed by atoms with E-state index in [4.69, 9.17) is 4.74 Å². The summed E-state index contributed by atoms with van der Waals surface area (Å²) in [7, 11) is 0. The lowest BCUT2D eigenvalue weighted by molar-refractivity contribution is -0.158. The number of ether oxygens (including phenoxy) is 1. The standard InChI is InChI=1S/C13H16F3NO/c1-2-7-17-12(13(14,15)16)10-5-3-4-9-6-8-18-11(9)10/h3-5,12,17H,2,6-8H2,1H3. The maximum absolute atomic E-state index is 13.1. The third-order valence-electron chi connectivity index (χ3n) is 2.98. The summed E-state index contributed by atoms with van der Waals surface area (Å²) in [6, 6.07) is 3.32. The van der Waals surface area contributed by atoms with E-state index < -0.39 is 12.2 Å². The van der Waals surface area contributed by atoms with E-state index in [2.05, 4.69) is 5.32 Å².